The summed E-state index contributed by atoms with van der Waals surface area (Å²) in [7, 11) is 1.69. The van der Waals surface area contributed by atoms with Gasteiger partial charge in [-0.1, -0.05) is 30.0 Å². The van der Waals surface area contributed by atoms with E-state index in [0.29, 0.717) is 6.54 Å². The standard InChI is InChI=1S/C23H28N2O3S/c1-18-17-20(29-22-6-4-3-5-21(22)27-2)9-7-19(18)8-10-23(26)24-11-12-25-13-15-28-16-14-25/h3-10,17H,11-16H2,1-2H3,(H,24,26)/b10-8+. The van der Waals surface area contributed by atoms with Gasteiger partial charge in [0.1, 0.15) is 5.75 Å². The molecule has 1 N–H and O–H groups in total. The molecule has 1 amide bonds. The highest BCUT2D eigenvalue weighted by Crippen LogP contribution is 2.35. The molecule has 0 bridgehead atoms. The molecule has 0 radical (unpaired) electrons. The molecule has 1 heterocycles. The Labute approximate surface area is 177 Å². The van der Waals surface area contributed by atoms with Gasteiger partial charge in [-0.3, -0.25) is 9.69 Å². The van der Waals surface area contributed by atoms with Crippen molar-refractivity contribution in [2.75, 3.05) is 46.5 Å². The third-order valence-corrected chi connectivity index (χ3v) is 5.83. The highest BCUT2D eigenvalue weighted by molar-refractivity contribution is 7.99. The van der Waals surface area contributed by atoms with Gasteiger partial charge in [-0.15, -0.1) is 0 Å². The molecular weight excluding hydrogens is 384 g/mol. The fraction of sp³-hybridized carbons (Fsp3) is 0.348. The van der Waals surface area contributed by atoms with Crippen LogP contribution in [0.4, 0.5) is 0 Å². The molecule has 3 rings (SSSR count). The normalized spacial score (nSPS) is 14.8. The van der Waals surface area contributed by atoms with Crippen LogP contribution < -0.4 is 10.1 Å². The Balaban J connectivity index is 1.52. The van der Waals surface area contributed by atoms with Crippen LogP contribution in [-0.4, -0.2) is 57.3 Å². The van der Waals surface area contributed by atoms with Crippen LogP contribution in [0, 0.1) is 6.92 Å². The van der Waals surface area contributed by atoms with E-state index in [9.17, 15) is 4.79 Å². The zero-order chi connectivity index (χ0) is 20.5. The summed E-state index contributed by atoms with van der Waals surface area (Å²) in [6.07, 6.45) is 3.48. The number of carbonyl (C=O) groups is 1. The highest BCUT2D eigenvalue weighted by atomic mass is 32.2. The molecule has 29 heavy (non-hydrogen) atoms. The van der Waals surface area contributed by atoms with Crippen LogP contribution >= 0.6 is 11.8 Å². The molecule has 0 aromatic heterocycles. The second-order valence-electron chi connectivity index (χ2n) is 6.85. The van der Waals surface area contributed by atoms with Crippen LogP contribution in [0.3, 0.4) is 0 Å². The van der Waals surface area contributed by atoms with Gasteiger partial charge in [-0.05, 0) is 48.4 Å². The number of carbonyl (C=O) groups excluding carboxylic acids is 1. The average Bonchev–Trinajstić information content (AvgIpc) is 2.74. The van der Waals surface area contributed by atoms with Gasteiger partial charge in [0.2, 0.25) is 5.91 Å². The number of nitrogens with one attached hydrogen (secondary N) is 1. The quantitative estimate of drug-likeness (QED) is 0.671. The van der Waals surface area contributed by atoms with Gasteiger partial charge in [-0.2, -0.15) is 0 Å². The molecule has 0 unspecified atom stereocenters. The summed E-state index contributed by atoms with van der Waals surface area (Å²) in [5, 5.41) is 2.95. The lowest BCUT2D eigenvalue weighted by Gasteiger charge is -2.26. The second kappa shape index (κ2) is 11.0. The van der Waals surface area contributed by atoms with Crippen molar-refractivity contribution in [3.8, 4) is 5.75 Å². The maximum absolute atomic E-state index is 12.1. The number of hydrogen-bond donors (Lipinski definition) is 1. The molecule has 1 fully saturated rings. The lowest BCUT2D eigenvalue weighted by Crippen LogP contribution is -2.41. The van der Waals surface area contributed by atoms with E-state index in [1.54, 1.807) is 24.9 Å². The molecule has 5 nitrogen and oxygen atoms in total. The molecule has 2 aromatic carbocycles. The Hall–Kier alpha value is -2.28. The first kappa shape index (κ1) is 21.4. The minimum absolute atomic E-state index is 0.0647. The number of nitrogens with zero attached hydrogens (tertiary/aromatic N) is 1. The van der Waals surface area contributed by atoms with Crippen LogP contribution in [0.25, 0.3) is 6.08 Å². The lowest BCUT2D eigenvalue weighted by atomic mass is 10.1. The largest absolute Gasteiger partial charge is 0.496 e. The van der Waals surface area contributed by atoms with Crippen LogP contribution in [0.15, 0.2) is 58.3 Å². The van der Waals surface area contributed by atoms with Gasteiger partial charge in [0.05, 0.1) is 25.2 Å². The fourth-order valence-corrected chi connectivity index (χ4v) is 4.14. The number of para-hydroxylation sites is 1. The zero-order valence-electron chi connectivity index (χ0n) is 17.0. The predicted molar refractivity (Wildman–Crippen MR) is 118 cm³/mol. The van der Waals surface area contributed by atoms with E-state index in [0.717, 1.165) is 59.5 Å². The molecule has 6 heteroatoms. The van der Waals surface area contributed by atoms with E-state index in [4.69, 9.17) is 9.47 Å². The van der Waals surface area contributed by atoms with E-state index in [2.05, 4.69) is 29.3 Å². The highest BCUT2D eigenvalue weighted by Gasteiger charge is 2.09. The average molecular weight is 413 g/mol. The Bertz CT molecular complexity index is 848. The second-order valence-corrected chi connectivity index (χ2v) is 7.97. The van der Waals surface area contributed by atoms with E-state index >= 15 is 0 Å². The van der Waals surface area contributed by atoms with Crippen molar-refractivity contribution in [1.29, 1.82) is 0 Å². The van der Waals surface area contributed by atoms with Crippen molar-refractivity contribution in [3.63, 3.8) is 0 Å². The third kappa shape index (κ3) is 6.63. The predicted octanol–water partition coefficient (Wildman–Crippen LogP) is 3.62. The number of benzene rings is 2. The van der Waals surface area contributed by atoms with Crippen molar-refractivity contribution >= 4 is 23.7 Å². The van der Waals surface area contributed by atoms with E-state index in [1.165, 1.54) is 0 Å². The number of aryl methyl sites for hydroxylation is 1. The van der Waals surface area contributed by atoms with Gasteiger partial charge in [0.25, 0.3) is 0 Å². The molecule has 2 aromatic rings. The van der Waals surface area contributed by atoms with Gasteiger partial charge in [0, 0.05) is 37.2 Å². The summed E-state index contributed by atoms with van der Waals surface area (Å²) in [5.41, 5.74) is 2.17. The fourth-order valence-electron chi connectivity index (χ4n) is 3.12. The maximum Gasteiger partial charge on any atom is 0.244 e. The zero-order valence-corrected chi connectivity index (χ0v) is 17.8. The molecular formula is C23H28N2O3S. The van der Waals surface area contributed by atoms with Crippen LogP contribution in [-0.2, 0) is 9.53 Å². The van der Waals surface area contributed by atoms with E-state index < -0.39 is 0 Å². The number of amides is 1. The monoisotopic (exact) mass is 412 g/mol. The first-order valence-corrected chi connectivity index (χ1v) is 10.6. The molecule has 1 saturated heterocycles. The van der Waals surface area contributed by atoms with Crippen LogP contribution in [0.5, 0.6) is 5.75 Å². The Morgan fingerprint density at radius 1 is 1.24 bits per heavy atom. The summed E-state index contributed by atoms with van der Waals surface area (Å²) in [6.45, 7) is 6.99. The van der Waals surface area contributed by atoms with Crippen molar-refractivity contribution in [2.24, 2.45) is 0 Å². The van der Waals surface area contributed by atoms with Crippen molar-refractivity contribution in [2.45, 2.75) is 16.7 Å². The Kier molecular flexibility index (Phi) is 8.16. The van der Waals surface area contributed by atoms with Gasteiger partial charge < -0.3 is 14.8 Å². The van der Waals surface area contributed by atoms with Crippen LogP contribution in [0.1, 0.15) is 11.1 Å². The van der Waals surface area contributed by atoms with E-state index in [1.807, 2.05) is 36.4 Å². The summed E-state index contributed by atoms with van der Waals surface area (Å²) < 4.78 is 10.8. The van der Waals surface area contributed by atoms with Crippen molar-refractivity contribution in [1.82, 2.24) is 10.2 Å². The van der Waals surface area contributed by atoms with Crippen molar-refractivity contribution in [3.05, 3.63) is 59.7 Å². The lowest BCUT2D eigenvalue weighted by molar-refractivity contribution is -0.116. The number of morpholine rings is 1. The number of hydrogen-bond acceptors (Lipinski definition) is 5. The third-order valence-electron chi connectivity index (χ3n) is 4.78. The minimum atomic E-state index is -0.0647. The molecule has 0 saturated carbocycles. The Morgan fingerprint density at radius 3 is 2.79 bits per heavy atom. The summed E-state index contributed by atoms with van der Waals surface area (Å²) in [4.78, 5) is 16.6. The summed E-state index contributed by atoms with van der Waals surface area (Å²) in [6, 6.07) is 14.2. The SMILES string of the molecule is COc1ccccc1Sc1ccc(/C=C/C(=O)NCCN2CCOCC2)c(C)c1. The van der Waals surface area contributed by atoms with Crippen molar-refractivity contribution < 1.29 is 14.3 Å². The molecule has 0 atom stereocenters. The van der Waals surface area contributed by atoms with Gasteiger partial charge >= 0.3 is 0 Å². The first-order valence-electron chi connectivity index (χ1n) is 9.83. The van der Waals surface area contributed by atoms with Gasteiger partial charge in [0.15, 0.2) is 0 Å². The van der Waals surface area contributed by atoms with Gasteiger partial charge in [-0.25, -0.2) is 0 Å². The van der Waals surface area contributed by atoms with Crippen LogP contribution in [0.2, 0.25) is 0 Å². The Morgan fingerprint density at radius 2 is 2.03 bits per heavy atom. The minimum Gasteiger partial charge on any atom is -0.496 e. The molecule has 154 valence electrons. The van der Waals surface area contributed by atoms with E-state index in [-0.39, 0.29) is 5.91 Å². The maximum atomic E-state index is 12.1. The smallest absolute Gasteiger partial charge is 0.244 e. The molecule has 0 aliphatic carbocycles. The molecule has 1 aliphatic heterocycles. The number of rotatable bonds is 8. The topological polar surface area (TPSA) is 50.8 Å². The summed E-state index contributed by atoms with van der Waals surface area (Å²) in [5.74, 6) is 0.804. The molecule has 1 aliphatic rings. The number of methoxy groups -OCH3 is 1. The molecule has 0 spiro atoms. The summed E-state index contributed by atoms with van der Waals surface area (Å²) >= 11 is 1.67. The first-order chi connectivity index (χ1) is 14.2. The number of ether oxygens (including phenoxy) is 2.